The molecule has 1 atom stereocenters. The predicted molar refractivity (Wildman–Crippen MR) is 120 cm³/mol. The van der Waals surface area contributed by atoms with E-state index < -0.39 is 5.25 Å². The molecule has 0 saturated heterocycles. The van der Waals surface area contributed by atoms with Crippen molar-refractivity contribution in [3.63, 3.8) is 0 Å². The Kier molecular flexibility index (Phi) is 5.39. The number of thiophene rings is 1. The molecule has 2 aromatic carbocycles. The van der Waals surface area contributed by atoms with Gasteiger partial charge in [0.2, 0.25) is 0 Å². The Morgan fingerprint density at radius 3 is 2.28 bits per heavy atom. The molecule has 2 aromatic heterocycles. The molecule has 0 aliphatic carbocycles. The Morgan fingerprint density at radius 1 is 1.03 bits per heavy atom. The largest absolute Gasteiger partial charge is 0.298 e. The van der Waals surface area contributed by atoms with Crippen molar-refractivity contribution >= 4 is 39.1 Å². The normalized spacial score (nSPS) is 12.2. The third-order valence-corrected chi connectivity index (χ3v) is 7.31. The Hall–Kier alpha value is -2.70. The minimum absolute atomic E-state index is 0.0219. The van der Waals surface area contributed by atoms with Crippen LogP contribution >= 0.6 is 23.1 Å². The van der Waals surface area contributed by atoms with Crippen LogP contribution in [0.3, 0.4) is 0 Å². The fourth-order valence-electron chi connectivity index (χ4n) is 3.28. The van der Waals surface area contributed by atoms with Gasteiger partial charge < -0.3 is 0 Å². The van der Waals surface area contributed by atoms with Crippen molar-refractivity contribution in [2.75, 3.05) is 0 Å². The summed E-state index contributed by atoms with van der Waals surface area (Å²) in [5.74, 6) is 0.0219. The number of nitrogens with zero attached hydrogens (tertiary/aromatic N) is 2. The van der Waals surface area contributed by atoms with Gasteiger partial charge in [-0.1, -0.05) is 60.3 Å². The maximum Gasteiger partial charge on any atom is 0.267 e. The summed E-state index contributed by atoms with van der Waals surface area (Å²) in [7, 11) is 0. The molecular weight excluding hydrogens is 400 g/mol. The molecule has 0 bridgehead atoms. The zero-order chi connectivity index (χ0) is 20.5. The van der Waals surface area contributed by atoms with E-state index in [1.807, 2.05) is 74.5 Å². The average molecular weight is 421 g/mol. The first-order valence-electron chi connectivity index (χ1n) is 9.27. The van der Waals surface area contributed by atoms with E-state index in [0.29, 0.717) is 10.5 Å². The molecule has 4 rings (SSSR count). The number of Topliss-reactive ketones (excluding diaryl/α,β-unsaturated/α-hetero) is 1. The SMILES string of the molecule is CC(=O)C(Sc1nc2sc(C)c(C)c2c(=O)n1-c1ccccc1)c1ccccc1. The van der Waals surface area contributed by atoms with Crippen LogP contribution in [0.15, 0.2) is 70.6 Å². The second-order valence-corrected chi connectivity index (χ2v) is 9.13. The number of para-hydroxylation sites is 1. The highest BCUT2D eigenvalue weighted by atomic mass is 32.2. The lowest BCUT2D eigenvalue weighted by molar-refractivity contribution is -0.116. The molecule has 2 heterocycles. The van der Waals surface area contributed by atoms with E-state index in [2.05, 4.69) is 0 Å². The first-order chi connectivity index (χ1) is 14.0. The van der Waals surface area contributed by atoms with Crippen molar-refractivity contribution in [1.29, 1.82) is 0 Å². The van der Waals surface area contributed by atoms with E-state index >= 15 is 0 Å². The topological polar surface area (TPSA) is 52.0 Å². The molecule has 0 N–H and O–H groups in total. The van der Waals surface area contributed by atoms with Gasteiger partial charge >= 0.3 is 0 Å². The molecule has 4 nitrogen and oxygen atoms in total. The zero-order valence-corrected chi connectivity index (χ0v) is 18.0. The van der Waals surface area contributed by atoms with Crippen molar-refractivity contribution < 1.29 is 4.79 Å². The van der Waals surface area contributed by atoms with Gasteiger partial charge in [-0.25, -0.2) is 4.98 Å². The molecule has 29 heavy (non-hydrogen) atoms. The highest BCUT2D eigenvalue weighted by molar-refractivity contribution is 8.00. The first-order valence-corrected chi connectivity index (χ1v) is 11.0. The van der Waals surface area contributed by atoms with Crippen molar-refractivity contribution in [1.82, 2.24) is 9.55 Å². The predicted octanol–water partition coefficient (Wildman–Crippen LogP) is 5.49. The van der Waals surface area contributed by atoms with Crippen LogP contribution in [-0.4, -0.2) is 15.3 Å². The van der Waals surface area contributed by atoms with Crippen molar-refractivity contribution in [2.45, 2.75) is 31.2 Å². The summed E-state index contributed by atoms with van der Waals surface area (Å²) >= 11 is 2.84. The van der Waals surface area contributed by atoms with Crippen molar-refractivity contribution in [3.8, 4) is 5.69 Å². The van der Waals surface area contributed by atoms with Crippen LogP contribution in [0.25, 0.3) is 15.9 Å². The third kappa shape index (κ3) is 3.66. The maximum absolute atomic E-state index is 13.5. The molecule has 0 aliphatic heterocycles. The number of benzene rings is 2. The van der Waals surface area contributed by atoms with Gasteiger partial charge in [0.05, 0.1) is 16.3 Å². The number of carbonyl (C=O) groups excluding carboxylic acids is 1. The van der Waals surface area contributed by atoms with Crippen molar-refractivity contribution in [2.24, 2.45) is 0 Å². The minimum atomic E-state index is -0.433. The zero-order valence-electron chi connectivity index (χ0n) is 16.4. The van der Waals surface area contributed by atoms with E-state index in [-0.39, 0.29) is 11.3 Å². The Balaban J connectivity index is 1.95. The van der Waals surface area contributed by atoms with E-state index in [0.717, 1.165) is 26.5 Å². The third-order valence-electron chi connectivity index (χ3n) is 4.88. The highest BCUT2D eigenvalue weighted by Crippen LogP contribution is 2.37. The fraction of sp³-hybridized carbons (Fsp3) is 0.174. The first kappa shape index (κ1) is 19.6. The number of ketones is 1. The van der Waals surface area contributed by atoms with E-state index in [9.17, 15) is 9.59 Å². The highest BCUT2D eigenvalue weighted by Gasteiger charge is 2.24. The van der Waals surface area contributed by atoms with Crippen LogP contribution in [0.4, 0.5) is 0 Å². The number of carbonyl (C=O) groups is 1. The van der Waals surface area contributed by atoms with Crippen molar-refractivity contribution in [3.05, 3.63) is 87.0 Å². The molecule has 4 aromatic rings. The summed E-state index contributed by atoms with van der Waals surface area (Å²) in [6.45, 7) is 5.54. The van der Waals surface area contributed by atoms with Gasteiger partial charge in [-0.2, -0.15) is 0 Å². The van der Waals surface area contributed by atoms with Gasteiger partial charge in [0.15, 0.2) is 5.16 Å². The van der Waals surface area contributed by atoms with Gasteiger partial charge in [0.1, 0.15) is 10.6 Å². The number of aromatic nitrogens is 2. The molecule has 0 spiro atoms. The van der Waals surface area contributed by atoms with Crippen LogP contribution in [-0.2, 0) is 4.79 Å². The molecule has 0 fully saturated rings. The number of hydrogen-bond donors (Lipinski definition) is 0. The van der Waals surface area contributed by atoms with Gasteiger partial charge in [0.25, 0.3) is 5.56 Å². The van der Waals surface area contributed by atoms with Gasteiger partial charge in [-0.15, -0.1) is 11.3 Å². The molecular formula is C23H20N2O2S2. The Labute approximate surface area is 177 Å². The second-order valence-electron chi connectivity index (χ2n) is 6.85. The van der Waals surface area contributed by atoms with Gasteiger partial charge in [0, 0.05) is 4.88 Å². The molecule has 0 aliphatic rings. The van der Waals surface area contributed by atoms with Gasteiger partial charge in [-0.3, -0.25) is 14.2 Å². The lowest BCUT2D eigenvalue weighted by Gasteiger charge is -2.17. The molecule has 0 radical (unpaired) electrons. The summed E-state index contributed by atoms with van der Waals surface area (Å²) in [5.41, 5.74) is 2.52. The summed E-state index contributed by atoms with van der Waals surface area (Å²) < 4.78 is 1.63. The van der Waals surface area contributed by atoms with Crippen LogP contribution in [0.2, 0.25) is 0 Å². The molecule has 0 amide bonds. The lowest BCUT2D eigenvalue weighted by Crippen LogP contribution is -2.22. The Bertz CT molecular complexity index is 1240. The Morgan fingerprint density at radius 2 is 1.66 bits per heavy atom. The molecule has 0 saturated carbocycles. The lowest BCUT2D eigenvalue weighted by atomic mass is 10.1. The van der Waals surface area contributed by atoms with Crippen LogP contribution in [0, 0.1) is 13.8 Å². The number of fused-ring (bicyclic) bond motifs is 1. The molecule has 6 heteroatoms. The quantitative estimate of drug-likeness (QED) is 0.317. The number of rotatable bonds is 5. The molecule has 146 valence electrons. The van der Waals surface area contributed by atoms with Crippen LogP contribution in [0.5, 0.6) is 0 Å². The minimum Gasteiger partial charge on any atom is -0.298 e. The average Bonchev–Trinajstić information content (AvgIpc) is 3.01. The second kappa shape index (κ2) is 7.97. The summed E-state index contributed by atoms with van der Waals surface area (Å²) in [6, 6.07) is 19.1. The summed E-state index contributed by atoms with van der Waals surface area (Å²) in [4.78, 5) is 32.6. The van der Waals surface area contributed by atoms with Crippen LogP contribution in [0.1, 0.15) is 28.2 Å². The van der Waals surface area contributed by atoms with E-state index in [1.54, 1.807) is 11.5 Å². The smallest absolute Gasteiger partial charge is 0.267 e. The number of aryl methyl sites for hydroxylation is 2. The van der Waals surface area contributed by atoms with E-state index in [4.69, 9.17) is 4.98 Å². The van der Waals surface area contributed by atoms with Gasteiger partial charge in [-0.05, 0) is 44.0 Å². The van der Waals surface area contributed by atoms with Crippen LogP contribution < -0.4 is 5.56 Å². The summed E-state index contributed by atoms with van der Waals surface area (Å²) in [6.07, 6.45) is 0. The monoisotopic (exact) mass is 420 g/mol. The number of thioether (sulfide) groups is 1. The fourth-order valence-corrected chi connectivity index (χ4v) is 5.46. The standard InChI is InChI=1S/C23H20N2O2S2/c1-14-16(3)28-21-19(14)22(27)25(18-12-8-5-9-13-18)23(24-21)29-20(15(2)26)17-10-6-4-7-11-17/h4-13,20H,1-3H3. The summed E-state index contributed by atoms with van der Waals surface area (Å²) in [5, 5.41) is 0.747. The number of hydrogen-bond acceptors (Lipinski definition) is 5. The molecule has 1 unspecified atom stereocenters. The maximum atomic E-state index is 13.5. The van der Waals surface area contributed by atoms with E-state index in [1.165, 1.54) is 23.1 Å².